The highest BCUT2D eigenvalue weighted by atomic mass is 35.5. The molecule has 0 spiro atoms. The van der Waals surface area contributed by atoms with Crippen LogP contribution >= 0.6 is 23.4 Å². The van der Waals surface area contributed by atoms with Crippen LogP contribution in [-0.4, -0.2) is 69.7 Å². The highest BCUT2D eigenvalue weighted by Crippen LogP contribution is 2.31. The summed E-state index contributed by atoms with van der Waals surface area (Å²) in [6, 6.07) is 12.1. The number of hydrogen-bond acceptors (Lipinski definition) is 6. The van der Waals surface area contributed by atoms with Gasteiger partial charge in [-0.2, -0.15) is 4.31 Å². The fourth-order valence-electron chi connectivity index (χ4n) is 3.23. The molecule has 0 saturated carbocycles. The number of hydrogen-bond donors (Lipinski definition) is 0. The molecule has 1 amide bonds. The number of thioether (sulfide) groups is 1. The van der Waals surface area contributed by atoms with Crippen LogP contribution < -0.4 is 9.47 Å². The van der Waals surface area contributed by atoms with Crippen LogP contribution in [0.4, 0.5) is 0 Å². The van der Waals surface area contributed by atoms with Crippen LogP contribution in [-0.2, 0) is 20.6 Å². The van der Waals surface area contributed by atoms with E-state index < -0.39 is 10.0 Å². The van der Waals surface area contributed by atoms with E-state index in [9.17, 15) is 13.2 Å². The van der Waals surface area contributed by atoms with Gasteiger partial charge >= 0.3 is 0 Å². The Balaban J connectivity index is 1.53. The summed E-state index contributed by atoms with van der Waals surface area (Å²) in [5, 5.41) is 0.686. The number of piperazine rings is 1. The van der Waals surface area contributed by atoms with Gasteiger partial charge < -0.3 is 14.4 Å². The number of methoxy groups -OCH3 is 2. The Morgan fingerprint density at radius 3 is 2.26 bits per heavy atom. The van der Waals surface area contributed by atoms with E-state index in [1.54, 1.807) is 11.0 Å². The highest BCUT2D eigenvalue weighted by Gasteiger charge is 2.30. The second kappa shape index (κ2) is 10.6. The van der Waals surface area contributed by atoms with Gasteiger partial charge in [0.25, 0.3) is 0 Å². The molecule has 0 aliphatic carbocycles. The molecule has 2 aromatic carbocycles. The number of amides is 1. The molecule has 0 unspecified atom stereocenters. The lowest BCUT2D eigenvalue weighted by Crippen LogP contribution is -2.50. The molecule has 10 heteroatoms. The van der Waals surface area contributed by atoms with Gasteiger partial charge in [0.1, 0.15) is 0 Å². The Labute approximate surface area is 192 Å². The topological polar surface area (TPSA) is 76.2 Å². The van der Waals surface area contributed by atoms with Crippen molar-refractivity contribution in [2.75, 3.05) is 46.2 Å². The van der Waals surface area contributed by atoms with E-state index >= 15 is 0 Å². The average molecular weight is 485 g/mol. The summed E-state index contributed by atoms with van der Waals surface area (Å²) >= 11 is 7.42. The quantitative estimate of drug-likeness (QED) is 0.573. The molecular weight excluding hydrogens is 460 g/mol. The molecule has 168 valence electrons. The number of benzene rings is 2. The predicted octanol–water partition coefficient (Wildman–Crippen LogP) is 3.12. The maximum atomic E-state index is 13.0. The van der Waals surface area contributed by atoms with E-state index in [0.29, 0.717) is 35.4 Å². The van der Waals surface area contributed by atoms with Gasteiger partial charge in [-0.05, 0) is 29.8 Å². The number of halogens is 1. The lowest BCUT2D eigenvalue weighted by molar-refractivity contribution is -0.129. The van der Waals surface area contributed by atoms with E-state index in [4.69, 9.17) is 21.1 Å². The minimum Gasteiger partial charge on any atom is -0.493 e. The van der Waals surface area contributed by atoms with Crippen LogP contribution in [0, 0.1) is 0 Å². The summed E-state index contributed by atoms with van der Waals surface area (Å²) in [6.45, 7) is 1.24. The maximum absolute atomic E-state index is 13.0. The molecule has 0 atom stereocenters. The normalized spacial score (nSPS) is 15.0. The van der Waals surface area contributed by atoms with Gasteiger partial charge in [0.15, 0.2) is 11.5 Å². The van der Waals surface area contributed by atoms with Gasteiger partial charge in [0.2, 0.25) is 15.9 Å². The number of ether oxygens (including phenoxy) is 2. The molecule has 3 rings (SSSR count). The fraction of sp³-hybridized carbons (Fsp3) is 0.381. The first kappa shape index (κ1) is 23.7. The summed E-state index contributed by atoms with van der Waals surface area (Å²) in [7, 11) is -0.724. The number of nitrogens with zero attached hydrogens (tertiary/aromatic N) is 2. The molecule has 0 bridgehead atoms. The molecule has 0 radical (unpaired) electrons. The summed E-state index contributed by atoms with van der Waals surface area (Å²) < 4.78 is 37.8. The molecule has 0 aromatic heterocycles. The van der Waals surface area contributed by atoms with Crippen LogP contribution in [0.5, 0.6) is 11.5 Å². The Kier molecular flexibility index (Phi) is 8.10. The molecule has 1 saturated heterocycles. The molecule has 7 nitrogen and oxygen atoms in total. The second-order valence-electron chi connectivity index (χ2n) is 6.92. The van der Waals surface area contributed by atoms with Crippen molar-refractivity contribution in [3.8, 4) is 11.5 Å². The Hall–Kier alpha value is -1.94. The third-order valence-corrected chi connectivity index (χ3v) is 8.13. The van der Waals surface area contributed by atoms with Gasteiger partial charge in [-0.1, -0.05) is 23.7 Å². The third-order valence-electron chi connectivity index (χ3n) is 4.99. The average Bonchev–Trinajstić information content (AvgIpc) is 2.79. The maximum Gasteiger partial charge on any atom is 0.243 e. The molecule has 0 N–H and O–H groups in total. The first-order chi connectivity index (χ1) is 14.8. The summed E-state index contributed by atoms with van der Waals surface area (Å²) in [5.74, 6) is 1.91. The number of carbonyl (C=O) groups excluding carboxylic acids is 1. The standard InChI is InChI=1S/C21H25ClN2O5S2/c1-28-19-8-7-18(13-20(19)29-2)31(26,27)24-11-9-23(10-12-24)21(25)15-30-14-16-3-5-17(22)6-4-16/h3-8,13H,9-12,14-15H2,1-2H3. The molecule has 1 heterocycles. The van der Waals surface area contributed by atoms with Crippen molar-refractivity contribution in [3.63, 3.8) is 0 Å². The number of carbonyl (C=O) groups is 1. The zero-order valence-corrected chi connectivity index (χ0v) is 19.8. The lowest BCUT2D eigenvalue weighted by Gasteiger charge is -2.34. The van der Waals surface area contributed by atoms with Crippen molar-refractivity contribution in [2.45, 2.75) is 10.6 Å². The molecule has 2 aromatic rings. The monoisotopic (exact) mass is 484 g/mol. The molecule has 31 heavy (non-hydrogen) atoms. The zero-order valence-electron chi connectivity index (χ0n) is 17.4. The van der Waals surface area contributed by atoms with Gasteiger partial charge in [-0.3, -0.25) is 4.79 Å². The Bertz CT molecular complexity index is 1010. The molecular formula is C21H25ClN2O5S2. The van der Waals surface area contributed by atoms with Gasteiger partial charge in [-0.15, -0.1) is 11.8 Å². The van der Waals surface area contributed by atoms with Crippen LogP contribution in [0.25, 0.3) is 0 Å². The van der Waals surface area contributed by atoms with Gasteiger partial charge in [0.05, 0.1) is 24.9 Å². The van der Waals surface area contributed by atoms with Crippen molar-refractivity contribution in [1.29, 1.82) is 0 Å². The SMILES string of the molecule is COc1ccc(S(=O)(=O)N2CCN(C(=O)CSCc3ccc(Cl)cc3)CC2)cc1OC. The van der Waals surface area contributed by atoms with Gasteiger partial charge in [-0.25, -0.2) is 8.42 Å². The molecule has 1 fully saturated rings. The van der Waals surface area contributed by atoms with Crippen LogP contribution in [0.15, 0.2) is 47.4 Å². The Morgan fingerprint density at radius 2 is 1.65 bits per heavy atom. The van der Waals surface area contributed by atoms with Crippen molar-refractivity contribution in [3.05, 3.63) is 53.1 Å². The lowest BCUT2D eigenvalue weighted by atomic mass is 10.2. The van der Waals surface area contributed by atoms with Crippen LogP contribution in [0.2, 0.25) is 5.02 Å². The van der Waals surface area contributed by atoms with Crippen LogP contribution in [0.3, 0.4) is 0 Å². The van der Waals surface area contributed by atoms with Crippen molar-refractivity contribution < 1.29 is 22.7 Å². The minimum atomic E-state index is -3.68. The number of sulfonamides is 1. The van der Waals surface area contributed by atoms with Crippen molar-refractivity contribution in [1.82, 2.24) is 9.21 Å². The summed E-state index contributed by atoms with van der Waals surface area (Å²) in [5.41, 5.74) is 1.10. The first-order valence-electron chi connectivity index (χ1n) is 9.67. The zero-order chi connectivity index (χ0) is 22.4. The molecule has 1 aliphatic heterocycles. The largest absolute Gasteiger partial charge is 0.493 e. The summed E-state index contributed by atoms with van der Waals surface area (Å²) in [6.07, 6.45) is 0. The van der Waals surface area contributed by atoms with Crippen LogP contribution in [0.1, 0.15) is 5.56 Å². The fourth-order valence-corrected chi connectivity index (χ4v) is 5.68. The van der Waals surface area contributed by atoms with E-state index in [1.165, 1.54) is 42.4 Å². The molecule has 1 aliphatic rings. The van der Waals surface area contributed by atoms with Crippen molar-refractivity contribution in [2.24, 2.45) is 0 Å². The van der Waals surface area contributed by atoms with E-state index in [2.05, 4.69) is 0 Å². The predicted molar refractivity (Wildman–Crippen MR) is 122 cm³/mol. The summed E-state index contributed by atoms with van der Waals surface area (Å²) in [4.78, 5) is 14.4. The van der Waals surface area contributed by atoms with Crippen molar-refractivity contribution >= 4 is 39.3 Å². The number of rotatable bonds is 8. The van der Waals surface area contributed by atoms with E-state index in [-0.39, 0.29) is 23.9 Å². The van der Waals surface area contributed by atoms with Gasteiger partial charge in [0, 0.05) is 43.0 Å². The van der Waals surface area contributed by atoms with E-state index in [1.807, 2.05) is 24.3 Å². The highest BCUT2D eigenvalue weighted by molar-refractivity contribution is 7.99. The third kappa shape index (κ3) is 5.85. The van der Waals surface area contributed by atoms with E-state index in [0.717, 1.165) is 11.3 Å². The smallest absolute Gasteiger partial charge is 0.243 e. The second-order valence-corrected chi connectivity index (χ2v) is 10.3. The first-order valence-corrected chi connectivity index (χ1v) is 12.6. The minimum absolute atomic E-state index is 0.0159. The Morgan fingerprint density at radius 1 is 1.00 bits per heavy atom.